The van der Waals surface area contributed by atoms with Gasteiger partial charge in [-0.2, -0.15) is 0 Å². The maximum absolute atomic E-state index is 10.8. The number of benzene rings is 1. The van der Waals surface area contributed by atoms with E-state index in [1.165, 1.54) is 0 Å². The van der Waals surface area contributed by atoms with E-state index in [9.17, 15) is 9.59 Å². The third-order valence-electron chi connectivity index (χ3n) is 2.02. The van der Waals surface area contributed by atoms with E-state index in [1.807, 2.05) is 0 Å². The van der Waals surface area contributed by atoms with Crippen LogP contribution in [0.25, 0.3) is 0 Å². The highest BCUT2D eigenvalue weighted by Crippen LogP contribution is 2.46. The molecular formula is C10H3Cl5O2. The molecule has 1 rings (SSSR count). The summed E-state index contributed by atoms with van der Waals surface area (Å²) in [6.07, 6.45) is 2.97. The summed E-state index contributed by atoms with van der Waals surface area (Å²) in [6, 6.07) is 0. The van der Waals surface area contributed by atoms with Gasteiger partial charge in [0.15, 0.2) is 6.29 Å². The van der Waals surface area contributed by atoms with Crippen molar-refractivity contribution in [1.29, 1.82) is 0 Å². The summed E-state index contributed by atoms with van der Waals surface area (Å²) < 4.78 is 0. The van der Waals surface area contributed by atoms with Crippen molar-refractivity contribution in [3.63, 3.8) is 0 Å². The molecule has 1 aromatic carbocycles. The summed E-state index contributed by atoms with van der Waals surface area (Å²) >= 11 is 29.3. The van der Waals surface area contributed by atoms with Crippen molar-refractivity contribution in [2.75, 3.05) is 0 Å². The molecule has 17 heavy (non-hydrogen) atoms. The monoisotopic (exact) mass is 330 g/mol. The number of rotatable bonds is 4. The molecule has 7 heteroatoms. The van der Waals surface area contributed by atoms with Crippen molar-refractivity contribution in [2.45, 2.75) is 12.3 Å². The van der Waals surface area contributed by atoms with Gasteiger partial charge in [-0.15, -0.1) is 0 Å². The molecule has 0 aliphatic carbocycles. The topological polar surface area (TPSA) is 34.1 Å². The van der Waals surface area contributed by atoms with Gasteiger partial charge in [0.2, 0.25) is 6.29 Å². The van der Waals surface area contributed by atoms with Crippen LogP contribution in [-0.2, 0) is 9.59 Å². The van der Waals surface area contributed by atoms with Gasteiger partial charge in [0.05, 0.1) is 31.0 Å². The predicted molar refractivity (Wildman–Crippen MR) is 70.2 cm³/mol. The molecule has 0 aliphatic rings. The fourth-order valence-electron chi connectivity index (χ4n) is 1.21. The second-order valence-electron chi connectivity index (χ2n) is 3.00. The molecule has 1 aromatic rings. The minimum Gasteiger partial charge on any atom is -0.291 e. The highest BCUT2D eigenvalue weighted by Gasteiger charge is 2.25. The van der Waals surface area contributed by atoms with Crippen LogP contribution in [0.1, 0.15) is 17.9 Å². The fraction of sp³-hybridized carbons (Fsp3) is 0.200. The van der Waals surface area contributed by atoms with Crippen LogP contribution < -0.4 is 0 Å². The molecule has 0 aliphatic heterocycles. The van der Waals surface area contributed by atoms with Gasteiger partial charge in [-0.3, -0.25) is 9.59 Å². The van der Waals surface area contributed by atoms with Crippen molar-refractivity contribution >= 4 is 70.6 Å². The van der Waals surface area contributed by atoms with Crippen molar-refractivity contribution < 1.29 is 9.59 Å². The number of carbonyl (C=O) groups excluding carboxylic acids is 2. The lowest BCUT2D eigenvalue weighted by atomic mass is 9.97. The molecule has 2 radical (unpaired) electrons. The summed E-state index contributed by atoms with van der Waals surface area (Å²) in [7, 11) is 0. The first-order valence-electron chi connectivity index (χ1n) is 4.19. The second-order valence-corrected chi connectivity index (χ2v) is 4.89. The summed E-state index contributed by atoms with van der Waals surface area (Å²) in [4.78, 5) is 21.1. The lowest BCUT2D eigenvalue weighted by molar-refractivity contribution is 0.531. The van der Waals surface area contributed by atoms with Crippen LogP contribution in [0.5, 0.6) is 0 Å². The van der Waals surface area contributed by atoms with E-state index in [1.54, 1.807) is 12.6 Å². The highest BCUT2D eigenvalue weighted by atomic mass is 35.5. The Morgan fingerprint density at radius 2 is 1.24 bits per heavy atom. The average Bonchev–Trinajstić information content (AvgIpc) is 2.33. The molecule has 0 fully saturated rings. The summed E-state index contributed by atoms with van der Waals surface area (Å²) in [5.41, 5.74) is 0.131. The zero-order chi connectivity index (χ0) is 13.2. The number of halogens is 5. The van der Waals surface area contributed by atoms with Crippen LogP contribution in [0.3, 0.4) is 0 Å². The first-order chi connectivity index (χ1) is 7.95. The van der Waals surface area contributed by atoms with Gasteiger partial charge < -0.3 is 0 Å². The van der Waals surface area contributed by atoms with Gasteiger partial charge in [-0.05, 0) is 0 Å². The van der Waals surface area contributed by atoms with Crippen molar-refractivity contribution in [3.8, 4) is 0 Å². The van der Waals surface area contributed by atoms with E-state index < -0.39 is 5.92 Å². The van der Waals surface area contributed by atoms with Crippen molar-refractivity contribution in [2.24, 2.45) is 0 Å². The SMILES string of the molecule is O=[C]CC([C]=O)c1c(Cl)c(Cl)c(Cl)c(Cl)c1Cl. The average molecular weight is 332 g/mol. The van der Waals surface area contributed by atoms with E-state index in [-0.39, 0.29) is 37.1 Å². The highest BCUT2D eigenvalue weighted by molar-refractivity contribution is 6.55. The quantitative estimate of drug-likeness (QED) is 0.594. The molecule has 1 unspecified atom stereocenters. The molecule has 90 valence electrons. The first-order valence-corrected chi connectivity index (χ1v) is 6.08. The number of hydrogen-bond donors (Lipinski definition) is 0. The molecule has 1 atom stereocenters. The lowest BCUT2D eigenvalue weighted by Crippen LogP contribution is -2.04. The zero-order valence-electron chi connectivity index (χ0n) is 7.99. The van der Waals surface area contributed by atoms with Crippen molar-refractivity contribution in [3.05, 3.63) is 30.7 Å². The fourth-order valence-corrected chi connectivity index (χ4v) is 2.63. The van der Waals surface area contributed by atoms with Crippen LogP contribution >= 0.6 is 58.0 Å². The van der Waals surface area contributed by atoms with Gasteiger partial charge in [0.25, 0.3) is 0 Å². The Bertz CT molecular complexity index is 443. The normalized spacial score (nSPS) is 12.3. The Hall–Kier alpha value is 0.01000. The first kappa shape index (κ1) is 15.1. The van der Waals surface area contributed by atoms with Gasteiger partial charge in [-0.1, -0.05) is 58.0 Å². The van der Waals surface area contributed by atoms with E-state index in [4.69, 9.17) is 58.0 Å². The molecule has 0 spiro atoms. The van der Waals surface area contributed by atoms with Crippen LogP contribution in [0.4, 0.5) is 0 Å². The third kappa shape index (κ3) is 2.88. The van der Waals surface area contributed by atoms with Gasteiger partial charge in [0, 0.05) is 12.0 Å². The summed E-state index contributed by atoms with van der Waals surface area (Å²) in [6.45, 7) is 0. The maximum Gasteiger partial charge on any atom is 0.207 e. The summed E-state index contributed by atoms with van der Waals surface area (Å²) in [5.74, 6) is -0.972. The lowest BCUT2D eigenvalue weighted by Gasteiger charge is -2.15. The number of hydrogen-bond acceptors (Lipinski definition) is 2. The van der Waals surface area contributed by atoms with Crippen LogP contribution in [0.2, 0.25) is 25.1 Å². The largest absolute Gasteiger partial charge is 0.291 e. The van der Waals surface area contributed by atoms with E-state index >= 15 is 0 Å². The van der Waals surface area contributed by atoms with Gasteiger partial charge in [-0.25, -0.2) is 0 Å². The van der Waals surface area contributed by atoms with Crippen molar-refractivity contribution in [1.82, 2.24) is 0 Å². The minimum atomic E-state index is -0.972. The molecule has 0 aromatic heterocycles. The Morgan fingerprint density at radius 1 is 0.824 bits per heavy atom. The van der Waals surface area contributed by atoms with E-state index in [0.29, 0.717) is 0 Å². The maximum atomic E-state index is 10.8. The molecule has 0 heterocycles. The van der Waals surface area contributed by atoms with Gasteiger partial charge >= 0.3 is 0 Å². The molecule has 0 saturated heterocycles. The van der Waals surface area contributed by atoms with Crippen LogP contribution in [0, 0.1) is 0 Å². The molecule has 2 nitrogen and oxygen atoms in total. The van der Waals surface area contributed by atoms with Gasteiger partial charge in [0.1, 0.15) is 0 Å². The van der Waals surface area contributed by atoms with Crippen LogP contribution in [-0.4, -0.2) is 12.6 Å². The predicted octanol–water partition coefficient (Wildman–Crippen LogP) is 4.65. The minimum absolute atomic E-state index is 0.00758. The smallest absolute Gasteiger partial charge is 0.207 e. The second kappa shape index (κ2) is 6.26. The standard InChI is InChI=1S/C10H3Cl5O2/c11-6-5(4(3-17)1-2-16)7(12)9(14)10(15)8(6)13/h4H,1H2. The molecule has 0 saturated carbocycles. The van der Waals surface area contributed by atoms with E-state index in [2.05, 4.69) is 0 Å². The Balaban J connectivity index is 3.52. The third-order valence-corrected chi connectivity index (χ3v) is 4.33. The van der Waals surface area contributed by atoms with E-state index in [0.717, 1.165) is 0 Å². The molecule has 0 N–H and O–H groups in total. The molecular weight excluding hydrogens is 329 g/mol. The molecule has 0 bridgehead atoms. The Morgan fingerprint density at radius 3 is 1.59 bits per heavy atom. The Kier molecular flexibility index (Phi) is 5.55. The summed E-state index contributed by atoms with van der Waals surface area (Å²) in [5, 5.41) is -0.0936. The Labute approximate surface area is 123 Å². The van der Waals surface area contributed by atoms with Crippen LogP contribution in [0.15, 0.2) is 0 Å². The molecule has 0 amide bonds. The zero-order valence-corrected chi connectivity index (χ0v) is 11.8.